The standard InChI is InChI=1S/C11H9ClN4O3S2/c12-7-2-3-8-11(16-20-15-8)10(7)14-5-6-1-4-9(19-6)21(13,17)18/h1-4,14H,5H2,(H2,13,17,18). The first-order valence-electron chi connectivity index (χ1n) is 5.71. The zero-order valence-electron chi connectivity index (χ0n) is 10.4. The molecule has 10 heteroatoms. The molecular weight excluding hydrogens is 336 g/mol. The third-order valence-corrected chi connectivity index (χ3v) is 4.37. The number of aromatic nitrogens is 2. The van der Waals surface area contributed by atoms with Gasteiger partial charge in [0, 0.05) is 0 Å². The summed E-state index contributed by atoms with van der Waals surface area (Å²) in [4.78, 5) is 0. The van der Waals surface area contributed by atoms with Gasteiger partial charge in [0.05, 0.1) is 29.0 Å². The molecule has 0 radical (unpaired) electrons. The van der Waals surface area contributed by atoms with Crippen LogP contribution in [-0.4, -0.2) is 17.2 Å². The molecule has 3 rings (SSSR count). The van der Waals surface area contributed by atoms with E-state index in [9.17, 15) is 8.42 Å². The number of fused-ring (bicyclic) bond motifs is 1. The maximum Gasteiger partial charge on any atom is 0.271 e. The topological polar surface area (TPSA) is 111 Å². The summed E-state index contributed by atoms with van der Waals surface area (Å²) in [7, 11) is -3.84. The van der Waals surface area contributed by atoms with Crippen molar-refractivity contribution in [3.63, 3.8) is 0 Å². The number of furan rings is 1. The quantitative estimate of drug-likeness (QED) is 0.750. The van der Waals surface area contributed by atoms with Crippen molar-refractivity contribution in [3.05, 3.63) is 35.0 Å². The summed E-state index contributed by atoms with van der Waals surface area (Å²) in [5.41, 5.74) is 2.01. The van der Waals surface area contributed by atoms with Crippen molar-refractivity contribution in [1.82, 2.24) is 8.75 Å². The second kappa shape index (κ2) is 5.26. The van der Waals surface area contributed by atoms with Gasteiger partial charge in [0.2, 0.25) is 5.09 Å². The zero-order chi connectivity index (χ0) is 15.0. The highest BCUT2D eigenvalue weighted by Gasteiger charge is 2.14. The van der Waals surface area contributed by atoms with Crippen LogP contribution in [0.15, 0.2) is 33.8 Å². The molecule has 0 fully saturated rings. The highest BCUT2D eigenvalue weighted by molar-refractivity contribution is 7.89. The fraction of sp³-hybridized carbons (Fsp3) is 0.0909. The third kappa shape index (κ3) is 2.86. The lowest BCUT2D eigenvalue weighted by atomic mass is 10.2. The Morgan fingerprint density at radius 1 is 1.29 bits per heavy atom. The van der Waals surface area contributed by atoms with E-state index >= 15 is 0 Å². The van der Waals surface area contributed by atoms with Gasteiger partial charge >= 0.3 is 0 Å². The number of halogens is 1. The van der Waals surface area contributed by atoms with Gasteiger partial charge < -0.3 is 9.73 Å². The molecule has 0 unspecified atom stereocenters. The van der Waals surface area contributed by atoms with Crippen molar-refractivity contribution >= 4 is 50.1 Å². The van der Waals surface area contributed by atoms with Crippen molar-refractivity contribution in [2.24, 2.45) is 5.14 Å². The number of anilines is 1. The highest BCUT2D eigenvalue weighted by atomic mass is 35.5. The fourth-order valence-corrected chi connectivity index (χ4v) is 3.02. The third-order valence-electron chi connectivity index (χ3n) is 2.73. The number of nitrogens with zero attached hydrogens (tertiary/aromatic N) is 2. The van der Waals surface area contributed by atoms with Crippen LogP contribution < -0.4 is 10.5 Å². The first kappa shape index (κ1) is 14.3. The molecule has 0 amide bonds. The molecule has 3 aromatic rings. The minimum atomic E-state index is -3.84. The molecule has 0 saturated carbocycles. The summed E-state index contributed by atoms with van der Waals surface area (Å²) < 4.78 is 35.7. The largest absolute Gasteiger partial charge is 0.446 e. The molecule has 110 valence electrons. The molecule has 1 aromatic carbocycles. The molecule has 0 aliphatic heterocycles. The molecule has 0 atom stereocenters. The van der Waals surface area contributed by atoms with Crippen LogP contribution >= 0.6 is 23.3 Å². The van der Waals surface area contributed by atoms with Crippen LogP contribution in [0.2, 0.25) is 5.02 Å². The number of primary sulfonamides is 1. The number of nitrogens with two attached hydrogens (primary N) is 1. The van der Waals surface area contributed by atoms with E-state index < -0.39 is 10.0 Å². The van der Waals surface area contributed by atoms with E-state index in [0.717, 1.165) is 17.2 Å². The van der Waals surface area contributed by atoms with Gasteiger partial charge in [0.25, 0.3) is 10.0 Å². The average molecular weight is 345 g/mol. The van der Waals surface area contributed by atoms with Gasteiger partial charge in [-0.3, -0.25) is 0 Å². The Bertz CT molecular complexity index is 903. The Labute approximate surface area is 129 Å². The molecule has 2 heterocycles. The predicted octanol–water partition coefficient (Wildman–Crippen LogP) is 2.20. The van der Waals surface area contributed by atoms with Gasteiger partial charge in [0.15, 0.2) is 0 Å². The minimum Gasteiger partial charge on any atom is -0.446 e. The molecule has 7 nitrogen and oxygen atoms in total. The molecule has 0 bridgehead atoms. The van der Waals surface area contributed by atoms with Gasteiger partial charge in [-0.25, -0.2) is 13.6 Å². The molecule has 0 spiro atoms. The molecule has 0 aliphatic carbocycles. The Hall–Kier alpha value is -1.68. The smallest absolute Gasteiger partial charge is 0.271 e. The van der Waals surface area contributed by atoms with E-state index in [-0.39, 0.29) is 11.6 Å². The van der Waals surface area contributed by atoms with Crippen LogP contribution in [-0.2, 0) is 16.6 Å². The van der Waals surface area contributed by atoms with Crippen LogP contribution in [0.4, 0.5) is 5.69 Å². The highest BCUT2D eigenvalue weighted by Crippen LogP contribution is 2.30. The first-order chi connectivity index (χ1) is 9.95. The minimum absolute atomic E-state index is 0.242. The van der Waals surface area contributed by atoms with Crippen molar-refractivity contribution in [2.45, 2.75) is 11.6 Å². The first-order valence-corrected chi connectivity index (χ1v) is 8.37. The summed E-state index contributed by atoms with van der Waals surface area (Å²) >= 11 is 7.22. The second-order valence-electron chi connectivity index (χ2n) is 4.17. The summed E-state index contributed by atoms with van der Waals surface area (Å²) in [5.74, 6) is 0.412. The van der Waals surface area contributed by atoms with Gasteiger partial charge in [-0.05, 0) is 24.3 Å². The molecule has 0 saturated heterocycles. The van der Waals surface area contributed by atoms with E-state index in [4.69, 9.17) is 21.2 Å². The van der Waals surface area contributed by atoms with Crippen molar-refractivity contribution in [3.8, 4) is 0 Å². The Morgan fingerprint density at radius 3 is 2.81 bits per heavy atom. The van der Waals surface area contributed by atoms with Gasteiger partial charge in [-0.1, -0.05) is 11.6 Å². The van der Waals surface area contributed by atoms with Crippen LogP contribution in [0.1, 0.15) is 5.76 Å². The van der Waals surface area contributed by atoms with Crippen molar-refractivity contribution in [1.29, 1.82) is 0 Å². The Kier molecular flexibility index (Phi) is 3.57. The van der Waals surface area contributed by atoms with E-state index in [1.54, 1.807) is 12.1 Å². The van der Waals surface area contributed by atoms with Crippen LogP contribution in [0, 0.1) is 0 Å². The number of benzene rings is 1. The maximum atomic E-state index is 11.1. The molecule has 3 N–H and O–H groups in total. The lowest BCUT2D eigenvalue weighted by Gasteiger charge is -2.07. The normalized spacial score (nSPS) is 11.9. The van der Waals surface area contributed by atoms with Gasteiger partial charge in [-0.15, -0.1) is 0 Å². The number of rotatable bonds is 4. The fourth-order valence-electron chi connectivity index (χ4n) is 1.78. The van der Waals surface area contributed by atoms with Crippen molar-refractivity contribution < 1.29 is 12.8 Å². The summed E-state index contributed by atoms with van der Waals surface area (Å²) in [5, 5.41) is 8.26. The number of hydrogen-bond acceptors (Lipinski definition) is 7. The molecule has 21 heavy (non-hydrogen) atoms. The van der Waals surface area contributed by atoms with E-state index in [1.807, 2.05) is 0 Å². The monoisotopic (exact) mass is 344 g/mol. The molecular formula is C11H9ClN4O3S2. The van der Waals surface area contributed by atoms with E-state index in [2.05, 4.69) is 14.1 Å². The average Bonchev–Trinajstić information content (AvgIpc) is 3.05. The SMILES string of the molecule is NS(=O)(=O)c1ccc(CNc2c(Cl)ccc3nsnc23)o1. The number of nitrogens with one attached hydrogen (secondary N) is 1. The lowest BCUT2D eigenvalue weighted by molar-refractivity contribution is 0.419. The number of sulfonamides is 1. The molecule has 0 aliphatic rings. The maximum absolute atomic E-state index is 11.1. The predicted molar refractivity (Wildman–Crippen MR) is 79.8 cm³/mol. The van der Waals surface area contributed by atoms with Crippen LogP contribution in [0.25, 0.3) is 11.0 Å². The zero-order valence-corrected chi connectivity index (χ0v) is 12.8. The summed E-state index contributed by atoms with van der Waals surface area (Å²) in [6.45, 7) is 0.242. The Morgan fingerprint density at radius 2 is 2.10 bits per heavy atom. The van der Waals surface area contributed by atoms with E-state index in [1.165, 1.54) is 12.1 Å². The number of hydrogen-bond donors (Lipinski definition) is 2. The van der Waals surface area contributed by atoms with Crippen LogP contribution in [0.5, 0.6) is 0 Å². The summed E-state index contributed by atoms with van der Waals surface area (Å²) in [6, 6.07) is 6.32. The van der Waals surface area contributed by atoms with Crippen LogP contribution in [0.3, 0.4) is 0 Å². The van der Waals surface area contributed by atoms with Gasteiger partial charge in [-0.2, -0.15) is 8.75 Å². The van der Waals surface area contributed by atoms with E-state index in [0.29, 0.717) is 22.0 Å². The van der Waals surface area contributed by atoms with Gasteiger partial charge in [0.1, 0.15) is 16.8 Å². The Balaban J connectivity index is 1.85. The van der Waals surface area contributed by atoms with Crippen molar-refractivity contribution in [2.75, 3.05) is 5.32 Å². The second-order valence-corrected chi connectivity index (χ2v) is 6.60. The summed E-state index contributed by atoms with van der Waals surface area (Å²) in [6.07, 6.45) is 0. The lowest BCUT2D eigenvalue weighted by Crippen LogP contribution is -2.10. The molecule has 2 aromatic heterocycles.